The highest BCUT2D eigenvalue weighted by Gasteiger charge is 2.22. The van der Waals surface area contributed by atoms with E-state index in [2.05, 4.69) is 4.90 Å². The van der Waals surface area contributed by atoms with Crippen molar-refractivity contribution in [2.24, 2.45) is 0 Å². The van der Waals surface area contributed by atoms with Crippen molar-refractivity contribution in [3.8, 4) is 17.2 Å². The van der Waals surface area contributed by atoms with Crippen LogP contribution in [0.5, 0.6) is 17.2 Å². The van der Waals surface area contributed by atoms with E-state index in [9.17, 15) is 13.2 Å². The van der Waals surface area contributed by atoms with Crippen LogP contribution < -0.4 is 18.6 Å². The van der Waals surface area contributed by atoms with E-state index >= 15 is 0 Å². The zero-order valence-electron chi connectivity index (χ0n) is 16.0. The molecule has 0 unspecified atom stereocenters. The Bertz CT molecular complexity index is 998. The van der Waals surface area contributed by atoms with Crippen LogP contribution in [-0.2, 0) is 14.9 Å². The van der Waals surface area contributed by atoms with E-state index < -0.39 is 10.1 Å². The molecule has 0 N–H and O–H groups in total. The lowest BCUT2D eigenvalue weighted by Crippen LogP contribution is -2.48. The lowest BCUT2D eigenvalue weighted by Gasteiger charge is -2.35. The molecular formula is C20H22N2O6S. The quantitative estimate of drug-likeness (QED) is 0.701. The van der Waals surface area contributed by atoms with E-state index in [1.807, 2.05) is 17.0 Å². The molecule has 9 heteroatoms. The summed E-state index contributed by atoms with van der Waals surface area (Å²) in [5, 5.41) is 0. The minimum atomic E-state index is -3.99. The Morgan fingerprint density at radius 1 is 0.931 bits per heavy atom. The van der Waals surface area contributed by atoms with Crippen LogP contribution in [0.15, 0.2) is 47.4 Å². The van der Waals surface area contributed by atoms with Gasteiger partial charge in [-0.2, -0.15) is 8.42 Å². The van der Waals surface area contributed by atoms with Crippen molar-refractivity contribution >= 4 is 21.7 Å². The molecule has 2 aromatic rings. The molecule has 1 saturated heterocycles. The molecule has 0 aromatic heterocycles. The molecular weight excluding hydrogens is 396 g/mol. The normalized spacial score (nSPS) is 16.4. The third-order valence-electron chi connectivity index (χ3n) is 4.94. The van der Waals surface area contributed by atoms with Gasteiger partial charge in [-0.1, -0.05) is 0 Å². The van der Waals surface area contributed by atoms with Crippen molar-refractivity contribution < 1.29 is 26.9 Å². The fourth-order valence-electron chi connectivity index (χ4n) is 3.35. The number of hydrogen-bond acceptors (Lipinski definition) is 7. The Hall–Kier alpha value is -2.94. The molecule has 0 spiro atoms. The third kappa shape index (κ3) is 4.24. The Labute approximate surface area is 169 Å². The molecule has 0 saturated carbocycles. The Kier molecular flexibility index (Phi) is 5.23. The summed E-state index contributed by atoms with van der Waals surface area (Å²) in [5.41, 5.74) is 0.956. The van der Waals surface area contributed by atoms with Crippen LogP contribution in [0.3, 0.4) is 0 Å². The van der Waals surface area contributed by atoms with Crippen molar-refractivity contribution in [1.82, 2.24) is 4.90 Å². The van der Waals surface area contributed by atoms with E-state index in [4.69, 9.17) is 13.7 Å². The highest BCUT2D eigenvalue weighted by atomic mass is 32.2. The first-order chi connectivity index (χ1) is 13.9. The number of anilines is 1. The number of ether oxygens (including phenoxy) is 2. The van der Waals surface area contributed by atoms with E-state index in [0.29, 0.717) is 37.8 Å². The largest absolute Gasteiger partial charge is 0.486 e. The molecule has 29 heavy (non-hydrogen) atoms. The highest BCUT2D eigenvalue weighted by Crippen LogP contribution is 2.33. The third-order valence-corrected chi connectivity index (χ3v) is 6.18. The summed E-state index contributed by atoms with van der Waals surface area (Å²) in [6.45, 7) is 5.19. The molecule has 0 radical (unpaired) electrons. The molecule has 0 aliphatic carbocycles. The van der Waals surface area contributed by atoms with Crippen molar-refractivity contribution in [2.75, 3.05) is 44.3 Å². The molecule has 2 heterocycles. The van der Waals surface area contributed by atoms with Gasteiger partial charge in [0.15, 0.2) is 11.5 Å². The molecule has 2 aromatic carbocycles. The van der Waals surface area contributed by atoms with Crippen molar-refractivity contribution in [3.05, 3.63) is 42.5 Å². The van der Waals surface area contributed by atoms with Gasteiger partial charge in [0.05, 0.1) is 0 Å². The second kappa shape index (κ2) is 7.82. The molecule has 154 valence electrons. The predicted octanol–water partition coefficient (Wildman–Crippen LogP) is 1.89. The number of rotatable bonds is 4. The first-order valence-corrected chi connectivity index (χ1v) is 10.8. The minimum Gasteiger partial charge on any atom is -0.486 e. The monoisotopic (exact) mass is 418 g/mol. The van der Waals surface area contributed by atoms with Crippen LogP contribution in [0.25, 0.3) is 0 Å². The van der Waals surface area contributed by atoms with Crippen LogP contribution in [0.2, 0.25) is 0 Å². The summed E-state index contributed by atoms with van der Waals surface area (Å²) >= 11 is 0. The van der Waals surface area contributed by atoms with Crippen molar-refractivity contribution in [3.63, 3.8) is 0 Å². The fourth-order valence-corrected chi connectivity index (χ4v) is 4.29. The summed E-state index contributed by atoms with van der Waals surface area (Å²) in [6, 6.07) is 11.3. The highest BCUT2D eigenvalue weighted by molar-refractivity contribution is 7.87. The standard InChI is InChI=1S/C20H22N2O6S/c1-15(23)21-8-10-22(11-9-21)16-2-4-17(5-3-16)28-29(24,25)18-6-7-19-20(14-18)27-13-12-26-19/h2-7,14H,8-13H2,1H3. The van der Waals surface area contributed by atoms with E-state index in [0.717, 1.165) is 18.8 Å². The van der Waals surface area contributed by atoms with E-state index in [-0.39, 0.29) is 16.6 Å². The zero-order chi connectivity index (χ0) is 20.4. The van der Waals surface area contributed by atoms with Crippen LogP contribution in [0, 0.1) is 0 Å². The minimum absolute atomic E-state index is 0.00572. The molecule has 1 fully saturated rings. The number of carbonyl (C=O) groups excluding carboxylic acids is 1. The van der Waals surface area contributed by atoms with E-state index in [1.54, 1.807) is 25.1 Å². The fraction of sp³-hybridized carbons (Fsp3) is 0.350. The van der Waals surface area contributed by atoms with Crippen LogP contribution in [0.4, 0.5) is 5.69 Å². The van der Waals surface area contributed by atoms with Gasteiger partial charge in [-0.3, -0.25) is 4.79 Å². The Balaban J connectivity index is 1.44. The second-order valence-electron chi connectivity index (χ2n) is 6.83. The maximum Gasteiger partial charge on any atom is 0.339 e. The van der Waals surface area contributed by atoms with Gasteiger partial charge < -0.3 is 23.5 Å². The maximum atomic E-state index is 12.6. The number of nitrogens with zero attached hydrogens (tertiary/aromatic N) is 2. The number of carbonyl (C=O) groups is 1. The SMILES string of the molecule is CC(=O)N1CCN(c2ccc(OS(=O)(=O)c3ccc4c(c3)OCCO4)cc2)CC1. The van der Waals surface area contributed by atoms with Gasteiger partial charge in [0.25, 0.3) is 0 Å². The van der Waals surface area contributed by atoms with Gasteiger partial charge in [0.1, 0.15) is 23.9 Å². The second-order valence-corrected chi connectivity index (χ2v) is 8.38. The van der Waals surface area contributed by atoms with Crippen molar-refractivity contribution in [1.29, 1.82) is 0 Å². The molecule has 2 aliphatic heterocycles. The average molecular weight is 418 g/mol. The zero-order valence-corrected chi connectivity index (χ0v) is 16.9. The molecule has 1 amide bonds. The molecule has 2 aliphatic rings. The first kappa shape index (κ1) is 19.4. The van der Waals surface area contributed by atoms with Gasteiger partial charge in [-0.15, -0.1) is 0 Å². The lowest BCUT2D eigenvalue weighted by molar-refractivity contribution is -0.129. The van der Waals surface area contributed by atoms with Gasteiger partial charge >= 0.3 is 10.1 Å². The van der Waals surface area contributed by atoms with E-state index in [1.165, 1.54) is 12.1 Å². The van der Waals surface area contributed by atoms with Gasteiger partial charge in [-0.05, 0) is 36.4 Å². The number of benzene rings is 2. The first-order valence-electron chi connectivity index (χ1n) is 9.37. The van der Waals surface area contributed by atoms with Crippen LogP contribution >= 0.6 is 0 Å². The smallest absolute Gasteiger partial charge is 0.339 e. The number of piperazine rings is 1. The lowest BCUT2D eigenvalue weighted by atomic mass is 10.2. The number of hydrogen-bond donors (Lipinski definition) is 0. The molecule has 4 rings (SSSR count). The molecule has 0 atom stereocenters. The predicted molar refractivity (Wildman–Crippen MR) is 106 cm³/mol. The topological polar surface area (TPSA) is 85.4 Å². The Morgan fingerprint density at radius 2 is 1.59 bits per heavy atom. The summed E-state index contributed by atoms with van der Waals surface area (Å²) < 4.78 is 41.3. The van der Waals surface area contributed by atoms with Gasteiger partial charge in [-0.25, -0.2) is 0 Å². The van der Waals surface area contributed by atoms with Gasteiger partial charge in [0, 0.05) is 44.9 Å². The summed E-state index contributed by atoms with van der Waals surface area (Å²) in [5.74, 6) is 1.22. The molecule has 0 bridgehead atoms. The number of fused-ring (bicyclic) bond motifs is 1. The summed E-state index contributed by atoms with van der Waals surface area (Å²) in [6.07, 6.45) is 0. The average Bonchev–Trinajstić information content (AvgIpc) is 2.74. The van der Waals surface area contributed by atoms with Crippen molar-refractivity contribution in [2.45, 2.75) is 11.8 Å². The van der Waals surface area contributed by atoms with Crippen LogP contribution in [-0.4, -0.2) is 58.6 Å². The summed E-state index contributed by atoms with van der Waals surface area (Å²) in [7, 11) is -3.99. The molecule has 8 nitrogen and oxygen atoms in total. The number of amides is 1. The maximum absolute atomic E-state index is 12.6. The van der Waals surface area contributed by atoms with Gasteiger partial charge in [0.2, 0.25) is 5.91 Å². The summed E-state index contributed by atoms with van der Waals surface area (Å²) in [4.78, 5) is 15.4. The Morgan fingerprint density at radius 3 is 2.24 bits per heavy atom. The van der Waals surface area contributed by atoms with Crippen LogP contribution in [0.1, 0.15) is 6.92 Å².